The van der Waals surface area contributed by atoms with Crippen LogP contribution in [0.25, 0.3) is 6.08 Å². The number of halogens is 1. The van der Waals surface area contributed by atoms with E-state index in [-0.39, 0.29) is 18.0 Å². The van der Waals surface area contributed by atoms with Crippen molar-refractivity contribution in [2.45, 2.75) is 33.9 Å². The summed E-state index contributed by atoms with van der Waals surface area (Å²) in [6.45, 7) is 6.00. The van der Waals surface area contributed by atoms with Crippen molar-refractivity contribution in [1.82, 2.24) is 19.6 Å². The second-order valence-electron chi connectivity index (χ2n) is 6.09. The number of aryl methyl sites for hydroxylation is 2. The number of nitrogens with zero attached hydrogens (tertiary/aromatic N) is 5. The third-order valence-electron chi connectivity index (χ3n) is 4.24. The molecule has 3 aromatic heterocycles. The Balaban J connectivity index is 1.75. The Hall–Kier alpha value is -3.01. The zero-order valence-electron chi connectivity index (χ0n) is 15.5. The summed E-state index contributed by atoms with van der Waals surface area (Å²) in [7, 11) is 0. The molecule has 0 unspecified atom stereocenters. The number of aromatic nitrogens is 4. The van der Waals surface area contributed by atoms with Gasteiger partial charge >= 0.3 is 5.69 Å². The minimum Gasteiger partial charge on any atom is -0.460 e. The fourth-order valence-corrected chi connectivity index (χ4v) is 3.40. The first-order chi connectivity index (χ1) is 13.3. The lowest BCUT2D eigenvalue weighted by Crippen LogP contribution is -2.07. The van der Waals surface area contributed by atoms with Gasteiger partial charge in [0, 0.05) is 6.54 Å². The molecule has 0 N–H and O–H groups in total. The van der Waals surface area contributed by atoms with Crippen LogP contribution < -0.4 is 0 Å². The molecule has 0 radical (unpaired) electrons. The van der Waals surface area contributed by atoms with Gasteiger partial charge in [-0.3, -0.25) is 24.3 Å². The SMILES string of the molecule is CCn1ncc(Br)c1C(=O)/C=C/c1ccc(Cn2nc(C)c([N+](=O)[O-])c2C)o1. The Kier molecular flexibility index (Phi) is 5.59. The second kappa shape index (κ2) is 7.93. The Morgan fingerprint density at radius 3 is 2.75 bits per heavy atom. The van der Waals surface area contributed by atoms with Crippen molar-refractivity contribution >= 4 is 33.5 Å². The number of carbonyl (C=O) groups excluding carboxylic acids is 1. The van der Waals surface area contributed by atoms with Gasteiger partial charge in [0.1, 0.15) is 28.6 Å². The maximum atomic E-state index is 12.4. The highest BCUT2D eigenvalue weighted by molar-refractivity contribution is 9.10. The largest absolute Gasteiger partial charge is 0.460 e. The van der Waals surface area contributed by atoms with Gasteiger partial charge in [-0.1, -0.05) is 0 Å². The van der Waals surface area contributed by atoms with Crippen LogP contribution in [0.1, 0.15) is 40.3 Å². The molecule has 0 aliphatic carbocycles. The average Bonchev–Trinajstić information content (AvgIpc) is 3.31. The molecule has 0 bridgehead atoms. The van der Waals surface area contributed by atoms with Crippen molar-refractivity contribution in [2.24, 2.45) is 0 Å². The summed E-state index contributed by atoms with van der Waals surface area (Å²) in [6.07, 6.45) is 4.59. The summed E-state index contributed by atoms with van der Waals surface area (Å²) in [5, 5.41) is 19.4. The van der Waals surface area contributed by atoms with Crippen LogP contribution in [0.4, 0.5) is 5.69 Å². The quantitative estimate of drug-likeness (QED) is 0.235. The van der Waals surface area contributed by atoms with Gasteiger partial charge < -0.3 is 4.42 Å². The molecule has 10 heteroatoms. The third kappa shape index (κ3) is 3.81. The molecule has 3 rings (SSSR count). The van der Waals surface area contributed by atoms with Gasteiger partial charge in [-0.05, 0) is 61.0 Å². The first-order valence-corrected chi connectivity index (χ1v) is 9.32. The molecule has 9 nitrogen and oxygen atoms in total. The number of allylic oxidation sites excluding steroid dienone is 1. The molecule has 0 aliphatic heterocycles. The zero-order valence-corrected chi connectivity index (χ0v) is 17.1. The van der Waals surface area contributed by atoms with Crippen LogP contribution >= 0.6 is 15.9 Å². The van der Waals surface area contributed by atoms with Gasteiger partial charge in [-0.2, -0.15) is 10.2 Å². The molecule has 0 atom stereocenters. The van der Waals surface area contributed by atoms with E-state index in [0.717, 1.165) is 0 Å². The molecule has 3 aromatic rings. The lowest BCUT2D eigenvalue weighted by atomic mass is 10.2. The summed E-state index contributed by atoms with van der Waals surface area (Å²) >= 11 is 3.33. The predicted molar refractivity (Wildman–Crippen MR) is 105 cm³/mol. The van der Waals surface area contributed by atoms with Crippen molar-refractivity contribution in [3.8, 4) is 0 Å². The van der Waals surface area contributed by atoms with Gasteiger partial charge in [0.05, 0.1) is 22.1 Å². The Bertz CT molecular complexity index is 1080. The summed E-state index contributed by atoms with van der Waals surface area (Å²) in [6, 6.07) is 3.48. The number of nitro groups is 1. The van der Waals surface area contributed by atoms with Crippen LogP contribution in [0, 0.1) is 24.0 Å². The first-order valence-electron chi connectivity index (χ1n) is 8.52. The minimum absolute atomic E-state index is 0.00962. The maximum absolute atomic E-state index is 12.4. The van der Waals surface area contributed by atoms with Crippen LogP contribution in [-0.4, -0.2) is 30.3 Å². The molecule has 0 aromatic carbocycles. The molecule has 0 spiro atoms. The summed E-state index contributed by atoms with van der Waals surface area (Å²) in [5.41, 5.74) is 1.30. The van der Waals surface area contributed by atoms with Gasteiger partial charge in [-0.15, -0.1) is 0 Å². The number of furan rings is 1. The van der Waals surface area contributed by atoms with E-state index in [1.165, 1.54) is 10.8 Å². The van der Waals surface area contributed by atoms with E-state index in [1.54, 1.807) is 42.9 Å². The van der Waals surface area contributed by atoms with Gasteiger partial charge in [0.2, 0.25) is 5.78 Å². The van der Waals surface area contributed by atoms with E-state index >= 15 is 0 Å². The number of hydrogen-bond donors (Lipinski definition) is 0. The predicted octanol–water partition coefficient (Wildman–Crippen LogP) is 3.92. The Morgan fingerprint density at radius 1 is 1.36 bits per heavy atom. The zero-order chi connectivity index (χ0) is 20.4. The van der Waals surface area contributed by atoms with Gasteiger partial charge in [0.15, 0.2) is 0 Å². The normalized spacial score (nSPS) is 11.4. The van der Waals surface area contributed by atoms with Crippen LogP contribution in [0.5, 0.6) is 0 Å². The number of rotatable bonds is 7. The molecular weight excluding hydrogens is 430 g/mol. The molecule has 0 saturated heterocycles. The maximum Gasteiger partial charge on any atom is 0.312 e. The second-order valence-corrected chi connectivity index (χ2v) is 6.95. The Labute approximate surface area is 168 Å². The smallest absolute Gasteiger partial charge is 0.312 e. The lowest BCUT2D eigenvalue weighted by molar-refractivity contribution is -0.386. The fourth-order valence-electron chi connectivity index (χ4n) is 2.91. The van der Waals surface area contributed by atoms with E-state index in [0.29, 0.717) is 39.6 Å². The molecule has 0 aliphatic rings. The average molecular weight is 448 g/mol. The van der Waals surface area contributed by atoms with E-state index in [1.807, 2.05) is 6.92 Å². The first kappa shape index (κ1) is 19.7. The van der Waals surface area contributed by atoms with E-state index in [9.17, 15) is 14.9 Å². The highest BCUT2D eigenvalue weighted by atomic mass is 79.9. The molecule has 0 fully saturated rings. The minimum atomic E-state index is -0.435. The van der Waals surface area contributed by atoms with E-state index in [4.69, 9.17) is 4.42 Å². The van der Waals surface area contributed by atoms with Crippen molar-refractivity contribution in [3.63, 3.8) is 0 Å². The number of ketones is 1. The van der Waals surface area contributed by atoms with Crippen LogP contribution in [0.3, 0.4) is 0 Å². The molecular formula is C18H18BrN5O4. The number of hydrogen-bond acceptors (Lipinski definition) is 6. The highest BCUT2D eigenvalue weighted by Gasteiger charge is 2.22. The van der Waals surface area contributed by atoms with Crippen LogP contribution in [-0.2, 0) is 13.1 Å². The topological polar surface area (TPSA) is 109 Å². The van der Waals surface area contributed by atoms with E-state index < -0.39 is 4.92 Å². The lowest BCUT2D eigenvalue weighted by Gasteiger charge is -2.01. The molecule has 0 amide bonds. The highest BCUT2D eigenvalue weighted by Crippen LogP contribution is 2.23. The molecule has 3 heterocycles. The monoisotopic (exact) mass is 447 g/mol. The third-order valence-corrected chi connectivity index (χ3v) is 4.82. The van der Waals surface area contributed by atoms with Gasteiger partial charge in [0.25, 0.3) is 0 Å². The van der Waals surface area contributed by atoms with E-state index in [2.05, 4.69) is 26.1 Å². The fraction of sp³-hybridized carbons (Fsp3) is 0.278. The number of carbonyl (C=O) groups is 1. The summed E-state index contributed by atoms with van der Waals surface area (Å²) in [4.78, 5) is 23.1. The Morgan fingerprint density at radius 2 is 2.11 bits per heavy atom. The summed E-state index contributed by atoms with van der Waals surface area (Å²) < 4.78 is 9.48. The van der Waals surface area contributed by atoms with Crippen molar-refractivity contribution in [2.75, 3.05) is 0 Å². The van der Waals surface area contributed by atoms with Gasteiger partial charge in [-0.25, -0.2) is 0 Å². The molecule has 0 saturated carbocycles. The molecule has 28 heavy (non-hydrogen) atoms. The summed E-state index contributed by atoms with van der Waals surface area (Å²) in [5.74, 6) is 0.879. The van der Waals surface area contributed by atoms with Crippen molar-refractivity contribution in [3.05, 3.63) is 67.6 Å². The van der Waals surface area contributed by atoms with Crippen LogP contribution in [0.15, 0.2) is 33.3 Å². The standard InChI is InChI=1S/C18H18BrN5O4/c1-4-22-18(15(19)9-20-22)16(25)8-7-13-5-6-14(28-13)10-23-12(3)17(24(26)27)11(2)21-23/h5-9H,4,10H2,1-3H3/b8-7+. The van der Waals surface area contributed by atoms with Crippen LogP contribution in [0.2, 0.25) is 0 Å². The molecule has 146 valence electrons. The van der Waals surface area contributed by atoms with Crippen molar-refractivity contribution in [1.29, 1.82) is 0 Å². The van der Waals surface area contributed by atoms with Crippen molar-refractivity contribution < 1.29 is 14.1 Å².